The maximum Gasteiger partial charge on any atom is 0.0224 e. The van der Waals surface area contributed by atoms with Gasteiger partial charge >= 0.3 is 0 Å². The van der Waals surface area contributed by atoms with E-state index in [2.05, 4.69) is 49.1 Å². The molecule has 2 rings (SSSR count). The predicted molar refractivity (Wildman–Crippen MR) is 91.4 cm³/mol. The first-order valence-electron chi connectivity index (χ1n) is 8.70. The third-order valence-corrected chi connectivity index (χ3v) is 4.72. The lowest BCUT2D eigenvalue weighted by atomic mass is 10.0. The zero-order chi connectivity index (χ0) is 15.1. The maximum absolute atomic E-state index is 6.14. The van der Waals surface area contributed by atoms with Gasteiger partial charge in [0.2, 0.25) is 0 Å². The van der Waals surface area contributed by atoms with Crippen LogP contribution in [0.25, 0.3) is 0 Å². The van der Waals surface area contributed by atoms with Gasteiger partial charge in [-0.05, 0) is 37.2 Å². The summed E-state index contributed by atoms with van der Waals surface area (Å²) in [7, 11) is 0. The van der Waals surface area contributed by atoms with Gasteiger partial charge in [0.25, 0.3) is 0 Å². The number of hydrogen-bond acceptors (Lipinski definition) is 2. The molecule has 21 heavy (non-hydrogen) atoms. The van der Waals surface area contributed by atoms with E-state index >= 15 is 0 Å². The third-order valence-electron chi connectivity index (χ3n) is 4.72. The number of nitrogens with two attached hydrogens (primary N) is 1. The first-order chi connectivity index (χ1) is 10.2. The van der Waals surface area contributed by atoms with E-state index in [1.165, 1.54) is 44.2 Å². The second kappa shape index (κ2) is 8.55. The van der Waals surface area contributed by atoms with E-state index in [4.69, 9.17) is 5.73 Å². The molecule has 118 valence electrons. The molecule has 0 aliphatic heterocycles. The number of hydrogen-bond donors (Lipinski definition) is 1. The molecule has 1 aliphatic carbocycles. The van der Waals surface area contributed by atoms with E-state index in [0.29, 0.717) is 6.04 Å². The predicted octanol–water partition coefficient (Wildman–Crippen LogP) is 3.85. The summed E-state index contributed by atoms with van der Waals surface area (Å²) < 4.78 is 0. The van der Waals surface area contributed by atoms with Gasteiger partial charge in [0.1, 0.15) is 0 Å². The van der Waals surface area contributed by atoms with Crippen LogP contribution in [0.1, 0.15) is 51.5 Å². The quantitative estimate of drug-likeness (QED) is 0.787. The highest BCUT2D eigenvalue weighted by atomic mass is 15.2. The molecule has 0 amide bonds. The SMILES string of the molecule is CC(C)CN(C(CN)CCc1ccccc1)C1CCCC1. The second-order valence-corrected chi connectivity index (χ2v) is 6.94. The van der Waals surface area contributed by atoms with Crippen molar-refractivity contribution in [3.63, 3.8) is 0 Å². The van der Waals surface area contributed by atoms with Crippen LogP contribution in [0.4, 0.5) is 0 Å². The third kappa shape index (κ3) is 5.12. The van der Waals surface area contributed by atoms with Crippen molar-refractivity contribution >= 4 is 0 Å². The van der Waals surface area contributed by atoms with Crippen LogP contribution >= 0.6 is 0 Å². The molecular formula is C19H32N2. The largest absolute Gasteiger partial charge is 0.329 e. The highest BCUT2D eigenvalue weighted by Gasteiger charge is 2.28. The summed E-state index contributed by atoms with van der Waals surface area (Å²) in [6.45, 7) is 6.64. The van der Waals surface area contributed by atoms with E-state index in [9.17, 15) is 0 Å². The van der Waals surface area contributed by atoms with Gasteiger partial charge in [-0.1, -0.05) is 57.0 Å². The van der Waals surface area contributed by atoms with Gasteiger partial charge in [-0.15, -0.1) is 0 Å². The van der Waals surface area contributed by atoms with Crippen molar-refractivity contribution < 1.29 is 0 Å². The van der Waals surface area contributed by atoms with Gasteiger partial charge < -0.3 is 5.73 Å². The molecule has 1 saturated carbocycles. The minimum Gasteiger partial charge on any atom is -0.329 e. The van der Waals surface area contributed by atoms with Crippen molar-refractivity contribution in [2.45, 2.75) is 64.5 Å². The average Bonchev–Trinajstić information content (AvgIpc) is 3.01. The molecular weight excluding hydrogens is 256 g/mol. The number of rotatable bonds is 8. The van der Waals surface area contributed by atoms with E-state index in [-0.39, 0.29) is 0 Å². The zero-order valence-electron chi connectivity index (χ0n) is 13.8. The monoisotopic (exact) mass is 288 g/mol. The lowest BCUT2D eigenvalue weighted by Gasteiger charge is -2.37. The smallest absolute Gasteiger partial charge is 0.0224 e. The Morgan fingerprint density at radius 1 is 1.14 bits per heavy atom. The summed E-state index contributed by atoms with van der Waals surface area (Å²) in [4.78, 5) is 2.74. The minimum atomic E-state index is 0.538. The summed E-state index contributed by atoms with van der Waals surface area (Å²) in [6.07, 6.45) is 7.86. The summed E-state index contributed by atoms with van der Waals surface area (Å²) in [5, 5.41) is 0. The fourth-order valence-electron chi connectivity index (χ4n) is 3.65. The molecule has 2 nitrogen and oxygen atoms in total. The molecule has 0 bridgehead atoms. The molecule has 0 radical (unpaired) electrons. The van der Waals surface area contributed by atoms with Gasteiger partial charge in [0, 0.05) is 25.2 Å². The molecule has 1 fully saturated rings. The Kier molecular flexibility index (Phi) is 6.72. The van der Waals surface area contributed by atoms with E-state index in [0.717, 1.165) is 24.9 Å². The van der Waals surface area contributed by atoms with Gasteiger partial charge in [0.15, 0.2) is 0 Å². The zero-order valence-corrected chi connectivity index (χ0v) is 13.8. The Morgan fingerprint density at radius 2 is 1.81 bits per heavy atom. The highest BCUT2D eigenvalue weighted by Crippen LogP contribution is 2.27. The van der Waals surface area contributed by atoms with E-state index in [1.54, 1.807) is 0 Å². The van der Waals surface area contributed by atoms with Crippen LogP contribution in [0.5, 0.6) is 0 Å². The molecule has 1 unspecified atom stereocenters. The van der Waals surface area contributed by atoms with Crippen LogP contribution in [0.15, 0.2) is 30.3 Å². The molecule has 1 atom stereocenters. The molecule has 0 spiro atoms. The van der Waals surface area contributed by atoms with E-state index in [1.807, 2.05) is 0 Å². The van der Waals surface area contributed by atoms with Gasteiger partial charge in [-0.3, -0.25) is 4.90 Å². The number of aryl methyl sites for hydroxylation is 1. The van der Waals surface area contributed by atoms with Crippen LogP contribution in [0.2, 0.25) is 0 Å². The Labute approximate surface area is 130 Å². The molecule has 0 aromatic heterocycles. The van der Waals surface area contributed by atoms with Crippen molar-refractivity contribution in [2.24, 2.45) is 11.7 Å². The average molecular weight is 288 g/mol. The summed E-state index contributed by atoms with van der Waals surface area (Å²) in [6, 6.07) is 12.1. The number of benzene rings is 1. The molecule has 0 heterocycles. The van der Waals surface area contributed by atoms with Crippen LogP contribution in [0.3, 0.4) is 0 Å². The molecule has 1 aliphatic rings. The molecule has 0 saturated heterocycles. The Hall–Kier alpha value is -0.860. The van der Waals surface area contributed by atoms with Crippen molar-refractivity contribution in [1.82, 2.24) is 4.90 Å². The van der Waals surface area contributed by atoms with Gasteiger partial charge in [0.05, 0.1) is 0 Å². The van der Waals surface area contributed by atoms with Gasteiger partial charge in [-0.25, -0.2) is 0 Å². The van der Waals surface area contributed by atoms with Crippen molar-refractivity contribution in [2.75, 3.05) is 13.1 Å². The fourth-order valence-corrected chi connectivity index (χ4v) is 3.65. The van der Waals surface area contributed by atoms with Crippen molar-refractivity contribution in [1.29, 1.82) is 0 Å². The van der Waals surface area contributed by atoms with Crippen LogP contribution in [0, 0.1) is 5.92 Å². The Balaban J connectivity index is 1.97. The van der Waals surface area contributed by atoms with Crippen molar-refractivity contribution in [3.05, 3.63) is 35.9 Å². The molecule has 2 N–H and O–H groups in total. The topological polar surface area (TPSA) is 29.3 Å². The summed E-state index contributed by atoms with van der Waals surface area (Å²) in [5.41, 5.74) is 7.58. The second-order valence-electron chi connectivity index (χ2n) is 6.94. The lowest BCUT2D eigenvalue weighted by Crippen LogP contribution is -2.47. The lowest BCUT2D eigenvalue weighted by molar-refractivity contribution is 0.115. The Morgan fingerprint density at radius 3 is 2.38 bits per heavy atom. The maximum atomic E-state index is 6.14. The van der Waals surface area contributed by atoms with Crippen LogP contribution in [-0.2, 0) is 6.42 Å². The van der Waals surface area contributed by atoms with E-state index < -0.39 is 0 Å². The minimum absolute atomic E-state index is 0.538. The Bertz CT molecular complexity index is 382. The summed E-state index contributed by atoms with van der Waals surface area (Å²) in [5.74, 6) is 0.719. The van der Waals surface area contributed by atoms with Gasteiger partial charge in [-0.2, -0.15) is 0 Å². The fraction of sp³-hybridized carbons (Fsp3) is 0.684. The molecule has 2 heteroatoms. The standard InChI is InChI=1S/C19H32N2/c1-16(2)15-21(18-10-6-7-11-18)19(14-20)13-12-17-8-4-3-5-9-17/h3-5,8-9,16,18-19H,6-7,10-15,20H2,1-2H3. The highest BCUT2D eigenvalue weighted by molar-refractivity contribution is 5.14. The van der Waals surface area contributed by atoms with Crippen LogP contribution in [-0.4, -0.2) is 30.1 Å². The molecule has 1 aromatic rings. The first-order valence-corrected chi connectivity index (χ1v) is 8.70. The van der Waals surface area contributed by atoms with Crippen molar-refractivity contribution in [3.8, 4) is 0 Å². The number of nitrogens with zero attached hydrogens (tertiary/aromatic N) is 1. The normalized spacial score (nSPS) is 17.8. The first kappa shape index (κ1) is 16.5. The summed E-state index contributed by atoms with van der Waals surface area (Å²) >= 11 is 0. The molecule has 1 aromatic carbocycles. The van der Waals surface area contributed by atoms with Crippen LogP contribution < -0.4 is 5.73 Å².